The molecule has 1 heterocycles. The van der Waals surface area contributed by atoms with Crippen molar-refractivity contribution in [3.8, 4) is 0 Å². The highest BCUT2D eigenvalue weighted by molar-refractivity contribution is 9.10. The summed E-state index contributed by atoms with van der Waals surface area (Å²) >= 11 is 2.95. The van der Waals surface area contributed by atoms with Gasteiger partial charge in [-0.05, 0) is 34.5 Å². The van der Waals surface area contributed by atoms with Crippen molar-refractivity contribution in [1.82, 2.24) is 4.72 Å². The summed E-state index contributed by atoms with van der Waals surface area (Å²) < 4.78 is 86.2. The Labute approximate surface area is 171 Å². The molecule has 1 aliphatic heterocycles. The molecule has 1 saturated heterocycles. The second kappa shape index (κ2) is 8.38. The van der Waals surface area contributed by atoms with E-state index in [0.717, 1.165) is 12.1 Å². The Morgan fingerprint density at radius 3 is 2.31 bits per heavy atom. The largest absolute Gasteiger partial charge is 0.380 e. The summed E-state index contributed by atoms with van der Waals surface area (Å²) in [5.74, 6) is -6.86. The lowest BCUT2D eigenvalue weighted by Gasteiger charge is -2.14. The van der Waals surface area contributed by atoms with Crippen LogP contribution in [0.25, 0.3) is 0 Å². The van der Waals surface area contributed by atoms with Crippen LogP contribution in [0.1, 0.15) is 16.8 Å². The van der Waals surface area contributed by atoms with Crippen LogP contribution in [-0.2, 0) is 14.8 Å². The Morgan fingerprint density at radius 2 is 1.72 bits per heavy atom. The molecule has 0 aliphatic carbocycles. The third-order valence-electron chi connectivity index (χ3n) is 4.05. The topological polar surface area (TPSA) is 84.5 Å². The van der Waals surface area contributed by atoms with Gasteiger partial charge in [-0.15, -0.1) is 0 Å². The van der Waals surface area contributed by atoms with Gasteiger partial charge in [0.25, 0.3) is 5.91 Å². The molecule has 2 N–H and O–H groups in total. The van der Waals surface area contributed by atoms with Gasteiger partial charge >= 0.3 is 0 Å². The smallest absolute Gasteiger partial charge is 0.256 e. The van der Waals surface area contributed by atoms with Gasteiger partial charge in [0.05, 0.1) is 12.2 Å². The number of anilines is 1. The first-order valence-corrected chi connectivity index (χ1v) is 10.4. The Balaban J connectivity index is 1.91. The molecule has 0 unspecified atom stereocenters. The number of amides is 1. The Bertz CT molecular complexity index is 1050. The number of hydrogen-bond donors (Lipinski definition) is 2. The van der Waals surface area contributed by atoms with E-state index in [1.165, 1.54) is 0 Å². The standard InChI is InChI=1S/C17H13BrF4N2O4S/c18-11-6-12(19)15(29(26,27)24-8-1-2-28-7-8)5-10(11)17(25)23-9-3-13(20)16(22)14(21)4-9/h3-6,8,24H,1-2,7H2,(H,23,25)/t8-/m0/s1. The molecule has 29 heavy (non-hydrogen) atoms. The van der Waals surface area contributed by atoms with Gasteiger partial charge in [-0.3, -0.25) is 4.79 Å². The lowest BCUT2D eigenvalue weighted by atomic mass is 10.2. The lowest BCUT2D eigenvalue weighted by molar-refractivity contribution is 0.102. The highest BCUT2D eigenvalue weighted by Gasteiger charge is 2.28. The van der Waals surface area contributed by atoms with Crippen LogP contribution in [0.15, 0.2) is 33.6 Å². The van der Waals surface area contributed by atoms with Gasteiger partial charge in [-0.1, -0.05) is 0 Å². The van der Waals surface area contributed by atoms with Crippen molar-refractivity contribution in [3.05, 3.63) is 57.6 Å². The molecular formula is C17H13BrF4N2O4S. The van der Waals surface area contributed by atoms with Crippen LogP contribution in [0.5, 0.6) is 0 Å². The maximum atomic E-state index is 14.3. The van der Waals surface area contributed by atoms with E-state index in [4.69, 9.17) is 4.74 Å². The van der Waals surface area contributed by atoms with Gasteiger partial charge in [0, 0.05) is 34.9 Å². The molecule has 0 radical (unpaired) electrons. The van der Waals surface area contributed by atoms with Crippen molar-refractivity contribution < 1.29 is 35.5 Å². The van der Waals surface area contributed by atoms with Crippen LogP contribution >= 0.6 is 15.9 Å². The number of halogens is 5. The molecule has 156 valence electrons. The van der Waals surface area contributed by atoms with Crippen LogP contribution in [0.3, 0.4) is 0 Å². The Hall–Kier alpha value is -2.02. The van der Waals surface area contributed by atoms with Crippen LogP contribution in [-0.4, -0.2) is 33.6 Å². The third kappa shape index (κ3) is 4.77. The van der Waals surface area contributed by atoms with Crippen LogP contribution in [0.4, 0.5) is 23.2 Å². The van der Waals surface area contributed by atoms with Crippen LogP contribution < -0.4 is 10.0 Å². The van der Waals surface area contributed by atoms with Gasteiger partial charge in [0.1, 0.15) is 10.7 Å². The van der Waals surface area contributed by atoms with Gasteiger partial charge in [0.2, 0.25) is 10.0 Å². The zero-order valence-electron chi connectivity index (χ0n) is 14.4. The van der Waals surface area contributed by atoms with Crippen molar-refractivity contribution in [2.45, 2.75) is 17.4 Å². The minimum absolute atomic E-state index is 0.0984. The molecule has 2 aromatic carbocycles. The summed E-state index contributed by atoms with van der Waals surface area (Å²) in [7, 11) is -4.31. The number of benzene rings is 2. The van der Waals surface area contributed by atoms with Crippen LogP contribution in [0.2, 0.25) is 0 Å². The highest BCUT2D eigenvalue weighted by atomic mass is 79.9. The molecule has 1 fully saturated rings. The fourth-order valence-electron chi connectivity index (χ4n) is 2.65. The van der Waals surface area contributed by atoms with E-state index in [2.05, 4.69) is 26.0 Å². The lowest BCUT2D eigenvalue weighted by Crippen LogP contribution is -2.35. The maximum absolute atomic E-state index is 14.3. The zero-order valence-corrected chi connectivity index (χ0v) is 16.8. The Morgan fingerprint density at radius 1 is 1.07 bits per heavy atom. The predicted molar refractivity (Wildman–Crippen MR) is 97.9 cm³/mol. The summed E-state index contributed by atoms with van der Waals surface area (Å²) in [5.41, 5.74) is -0.729. The fourth-order valence-corrected chi connectivity index (χ4v) is 4.48. The van der Waals surface area contributed by atoms with E-state index in [1.54, 1.807) is 0 Å². The predicted octanol–water partition coefficient (Wildman–Crippen LogP) is 3.33. The third-order valence-corrected chi connectivity index (χ3v) is 6.24. The second-order valence-electron chi connectivity index (χ2n) is 6.15. The number of nitrogens with one attached hydrogen (secondary N) is 2. The normalized spacial score (nSPS) is 16.8. The molecule has 3 rings (SSSR count). The van der Waals surface area contributed by atoms with Crippen molar-refractivity contribution in [3.63, 3.8) is 0 Å². The molecule has 1 aliphatic rings. The summed E-state index contributed by atoms with van der Waals surface area (Å²) in [5, 5.41) is 2.11. The number of rotatable bonds is 5. The first-order valence-electron chi connectivity index (χ1n) is 8.13. The Kier molecular flexibility index (Phi) is 6.27. The number of carbonyl (C=O) groups excluding carboxylic acids is 1. The highest BCUT2D eigenvalue weighted by Crippen LogP contribution is 2.26. The summed E-state index contributed by atoms with van der Waals surface area (Å²) in [4.78, 5) is 11.7. The molecule has 0 saturated carbocycles. The molecular weight excluding hydrogens is 484 g/mol. The summed E-state index contributed by atoms with van der Waals surface area (Å²) in [6.45, 7) is 0.487. The second-order valence-corrected chi connectivity index (χ2v) is 8.69. The van der Waals surface area contributed by atoms with Crippen molar-refractivity contribution in [2.24, 2.45) is 0 Å². The molecule has 6 nitrogen and oxygen atoms in total. The van der Waals surface area contributed by atoms with Crippen LogP contribution in [0, 0.1) is 23.3 Å². The average Bonchev–Trinajstić information content (AvgIpc) is 3.11. The van der Waals surface area contributed by atoms with Crippen molar-refractivity contribution in [2.75, 3.05) is 18.5 Å². The SMILES string of the molecule is O=C(Nc1cc(F)c(F)c(F)c1)c1cc(S(=O)(=O)N[C@H]2CCOC2)c(F)cc1Br. The molecule has 0 aromatic heterocycles. The van der Waals surface area contributed by atoms with Gasteiger partial charge in [-0.25, -0.2) is 30.7 Å². The number of ether oxygens (including phenoxy) is 1. The maximum Gasteiger partial charge on any atom is 0.256 e. The van der Waals surface area contributed by atoms with Crippen molar-refractivity contribution in [1.29, 1.82) is 0 Å². The van der Waals surface area contributed by atoms with E-state index in [-0.39, 0.29) is 16.6 Å². The summed E-state index contributed by atoms with van der Waals surface area (Å²) in [6, 6.07) is 2.12. The minimum atomic E-state index is -4.31. The molecule has 0 bridgehead atoms. The van der Waals surface area contributed by atoms with E-state index >= 15 is 0 Å². The molecule has 2 aromatic rings. The number of sulfonamides is 1. The van der Waals surface area contributed by atoms with Gasteiger partial charge in [-0.2, -0.15) is 0 Å². The summed E-state index contributed by atoms with van der Waals surface area (Å²) in [6.07, 6.45) is 0.409. The van der Waals surface area contributed by atoms with Gasteiger partial charge in [0.15, 0.2) is 17.5 Å². The molecule has 1 amide bonds. The van der Waals surface area contributed by atoms with Crippen molar-refractivity contribution >= 4 is 37.5 Å². The zero-order chi connectivity index (χ0) is 21.3. The van der Waals surface area contributed by atoms with E-state index in [1.807, 2.05) is 0 Å². The van der Waals surface area contributed by atoms with E-state index < -0.39 is 55.8 Å². The first-order chi connectivity index (χ1) is 13.6. The quantitative estimate of drug-likeness (QED) is 0.491. The molecule has 0 spiro atoms. The number of hydrogen-bond acceptors (Lipinski definition) is 4. The molecule has 12 heteroatoms. The molecule has 1 atom stereocenters. The van der Waals surface area contributed by atoms with Gasteiger partial charge < -0.3 is 10.1 Å². The first kappa shape index (κ1) is 21.7. The van der Waals surface area contributed by atoms with E-state index in [9.17, 15) is 30.8 Å². The minimum Gasteiger partial charge on any atom is -0.380 e. The van der Waals surface area contributed by atoms with E-state index in [0.29, 0.717) is 25.2 Å². The fraction of sp³-hybridized carbons (Fsp3) is 0.235. The number of carbonyl (C=O) groups is 1. The average molecular weight is 497 g/mol. The monoisotopic (exact) mass is 496 g/mol.